The van der Waals surface area contributed by atoms with Crippen molar-refractivity contribution in [3.05, 3.63) is 32.6 Å². The monoisotopic (exact) mass is 251 g/mol. The maximum absolute atomic E-state index is 11.9. The van der Waals surface area contributed by atoms with E-state index in [0.717, 1.165) is 4.57 Å². The van der Waals surface area contributed by atoms with Crippen molar-refractivity contribution in [3.8, 4) is 0 Å². The van der Waals surface area contributed by atoms with E-state index in [1.54, 1.807) is 6.92 Å². The van der Waals surface area contributed by atoms with Gasteiger partial charge >= 0.3 is 11.7 Å². The molecule has 0 amide bonds. The fourth-order valence-corrected chi connectivity index (χ4v) is 2.14. The molecule has 0 bridgehead atoms. The van der Waals surface area contributed by atoms with Gasteiger partial charge in [0.2, 0.25) is 0 Å². The third-order valence-corrected chi connectivity index (χ3v) is 3.03. The minimum absolute atomic E-state index is 0.00537. The van der Waals surface area contributed by atoms with Crippen molar-refractivity contribution < 1.29 is 9.90 Å². The molecular formula is C11H13N3O4. The van der Waals surface area contributed by atoms with Gasteiger partial charge in [0.25, 0.3) is 5.56 Å². The van der Waals surface area contributed by atoms with Crippen LogP contribution in [0, 0.1) is 0 Å². The average molecular weight is 251 g/mol. The normalized spacial score (nSPS) is 11.1. The number of nitrogens with zero attached hydrogens (tertiary/aromatic N) is 3. The van der Waals surface area contributed by atoms with Crippen LogP contribution in [0.2, 0.25) is 0 Å². The van der Waals surface area contributed by atoms with Gasteiger partial charge < -0.3 is 9.67 Å². The lowest BCUT2D eigenvalue weighted by Crippen LogP contribution is -2.37. The van der Waals surface area contributed by atoms with Crippen LogP contribution in [0.1, 0.15) is 17.4 Å². The molecule has 2 aromatic heterocycles. The molecule has 96 valence electrons. The second-order valence-corrected chi connectivity index (χ2v) is 4.02. The molecule has 0 radical (unpaired) electrons. The Bertz CT molecular complexity index is 763. The fourth-order valence-electron chi connectivity index (χ4n) is 2.14. The molecule has 0 fully saturated rings. The lowest BCUT2D eigenvalue weighted by atomic mass is 10.3. The molecule has 0 unspecified atom stereocenters. The standard InChI is InChI=1S/C11H13N3O4/c1-4-14-7(10(16)17)5-6-8(14)12(2)11(18)13(3)9(6)15/h5H,4H2,1-3H3,(H,16,17). The Kier molecular flexibility index (Phi) is 2.61. The summed E-state index contributed by atoms with van der Waals surface area (Å²) < 4.78 is 3.70. The Morgan fingerprint density at radius 3 is 2.39 bits per heavy atom. The number of carboxylic acid groups (broad SMARTS) is 1. The number of aryl methyl sites for hydroxylation is 2. The van der Waals surface area contributed by atoms with Crippen molar-refractivity contribution in [1.82, 2.24) is 13.7 Å². The molecule has 0 spiro atoms. The quantitative estimate of drug-likeness (QED) is 0.797. The lowest BCUT2D eigenvalue weighted by Gasteiger charge is -2.08. The van der Waals surface area contributed by atoms with Crippen molar-refractivity contribution in [2.75, 3.05) is 0 Å². The van der Waals surface area contributed by atoms with Crippen LogP contribution in [0.15, 0.2) is 15.7 Å². The van der Waals surface area contributed by atoms with E-state index in [9.17, 15) is 14.4 Å². The Labute approximate surface area is 101 Å². The summed E-state index contributed by atoms with van der Waals surface area (Å²) in [6.07, 6.45) is 0. The van der Waals surface area contributed by atoms with Gasteiger partial charge in [0.15, 0.2) is 0 Å². The van der Waals surface area contributed by atoms with E-state index in [-0.39, 0.29) is 11.1 Å². The SMILES string of the molecule is CCn1c(C(=O)O)cc2c(=O)n(C)c(=O)n(C)c21. The Hall–Kier alpha value is -2.31. The summed E-state index contributed by atoms with van der Waals surface area (Å²) in [7, 11) is 2.88. The highest BCUT2D eigenvalue weighted by Crippen LogP contribution is 2.15. The number of aromatic carboxylic acids is 1. The summed E-state index contributed by atoms with van der Waals surface area (Å²) in [5, 5.41) is 9.34. The topological polar surface area (TPSA) is 86.2 Å². The van der Waals surface area contributed by atoms with Gasteiger partial charge in [-0.15, -0.1) is 0 Å². The Morgan fingerprint density at radius 1 is 1.28 bits per heavy atom. The first kappa shape index (κ1) is 12.2. The van der Waals surface area contributed by atoms with Gasteiger partial charge in [0.05, 0.1) is 5.39 Å². The summed E-state index contributed by atoms with van der Waals surface area (Å²) in [5.74, 6) is -1.12. The minimum Gasteiger partial charge on any atom is -0.477 e. The van der Waals surface area contributed by atoms with Crippen LogP contribution in [0.5, 0.6) is 0 Å². The van der Waals surface area contributed by atoms with Crippen molar-refractivity contribution in [2.24, 2.45) is 14.1 Å². The molecule has 2 heterocycles. The van der Waals surface area contributed by atoms with Gasteiger partial charge in [-0.1, -0.05) is 0 Å². The number of rotatable bonds is 2. The van der Waals surface area contributed by atoms with Crippen molar-refractivity contribution in [2.45, 2.75) is 13.5 Å². The van der Waals surface area contributed by atoms with Crippen LogP contribution in [0.3, 0.4) is 0 Å². The van der Waals surface area contributed by atoms with E-state index in [1.165, 1.54) is 29.3 Å². The Morgan fingerprint density at radius 2 is 1.89 bits per heavy atom. The molecule has 2 rings (SSSR count). The van der Waals surface area contributed by atoms with Gasteiger partial charge in [0, 0.05) is 20.6 Å². The molecule has 0 atom stereocenters. The van der Waals surface area contributed by atoms with E-state index in [1.807, 2.05) is 0 Å². The van der Waals surface area contributed by atoms with E-state index >= 15 is 0 Å². The number of fused-ring (bicyclic) bond motifs is 1. The molecule has 0 aliphatic rings. The van der Waals surface area contributed by atoms with Gasteiger partial charge in [-0.2, -0.15) is 0 Å². The van der Waals surface area contributed by atoms with Crippen molar-refractivity contribution in [3.63, 3.8) is 0 Å². The number of aromatic nitrogens is 3. The third kappa shape index (κ3) is 1.40. The van der Waals surface area contributed by atoms with Gasteiger partial charge in [-0.3, -0.25) is 13.9 Å². The molecule has 18 heavy (non-hydrogen) atoms. The van der Waals surface area contributed by atoms with E-state index in [4.69, 9.17) is 5.11 Å². The van der Waals surface area contributed by atoms with Gasteiger partial charge in [-0.05, 0) is 13.0 Å². The van der Waals surface area contributed by atoms with E-state index in [0.29, 0.717) is 12.2 Å². The first-order valence-corrected chi connectivity index (χ1v) is 5.42. The highest BCUT2D eigenvalue weighted by molar-refractivity contribution is 5.93. The molecular weight excluding hydrogens is 238 g/mol. The van der Waals surface area contributed by atoms with Crippen LogP contribution in [0.25, 0.3) is 11.0 Å². The number of carbonyl (C=O) groups is 1. The first-order valence-electron chi connectivity index (χ1n) is 5.42. The molecule has 0 saturated heterocycles. The molecule has 0 aromatic carbocycles. The van der Waals surface area contributed by atoms with Crippen LogP contribution in [0.4, 0.5) is 0 Å². The minimum atomic E-state index is -1.12. The second kappa shape index (κ2) is 3.86. The molecule has 0 aliphatic carbocycles. The van der Waals surface area contributed by atoms with Crippen LogP contribution in [-0.4, -0.2) is 24.8 Å². The summed E-state index contributed by atoms with van der Waals surface area (Å²) in [5.41, 5.74) is -0.617. The van der Waals surface area contributed by atoms with E-state index < -0.39 is 17.2 Å². The predicted octanol–water partition coefficient (Wildman–Crippen LogP) is -0.243. The van der Waals surface area contributed by atoms with Gasteiger partial charge in [-0.25, -0.2) is 9.59 Å². The van der Waals surface area contributed by atoms with Crippen LogP contribution < -0.4 is 11.2 Å². The largest absolute Gasteiger partial charge is 0.477 e. The van der Waals surface area contributed by atoms with Crippen molar-refractivity contribution >= 4 is 17.0 Å². The van der Waals surface area contributed by atoms with Crippen molar-refractivity contribution in [1.29, 1.82) is 0 Å². The molecule has 7 nitrogen and oxygen atoms in total. The highest BCUT2D eigenvalue weighted by atomic mass is 16.4. The second-order valence-electron chi connectivity index (χ2n) is 4.02. The summed E-state index contributed by atoms with van der Waals surface area (Å²) >= 11 is 0. The summed E-state index contributed by atoms with van der Waals surface area (Å²) in [4.78, 5) is 34.9. The zero-order chi connectivity index (χ0) is 13.6. The first-order chi connectivity index (χ1) is 8.40. The number of hydrogen-bond donors (Lipinski definition) is 1. The lowest BCUT2D eigenvalue weighted by molar-refractivity contribution is 0.0685. The zero-order valence-corrected chi connectivity index (χ0v) is 10.3. The Balaban J connectivity index is 3.13. The maximum atomic E-state index is 11.9. The van der Waals surface area contributed by atoms with E-state index in [2.05, 4.69) is 0 Å². The third-order valence-electron chi connectivity index (χ3n) is 3.03. The number of hydrogen-bond acceptors (Lipinski definition) is 3. The summed E-state index contributed by atoms with van der Waals surface area (Å²) in [6, 6.07) is 1.31. The number of carboxylic acids is 1. The molecule has 7 heteroatoms. The smallest absolute Gasteiger partial charge is 0.352 e. The molecule has 0 aliphatic heterocycles. The fraction of sp³-hybridized carbons (Fsp3) is 0.364. The zero-order valence-electron chi connectivity index (χ0n) is 10.3. The average Bonchev–Trinajstić information content (AvgIpc) is 2.73. The molecule has 1 N–H and O–H groups in total. The highest BCUT2D eigenvalue weighted by Gasteiger charge is 2.19. The predicted molar refractivity (Wildman–Crippen MR) is 65.1 cm³/mol. The maximum Gasteiger partial charge on any atom is 0.352 e. The van der Waals surface area contributed by atoms with Crippen LogP contribution in [-0.2, 0) is 20.6 Å². The molecule has 2 aromatic rings. The van der Waals surface area contributed by atoms with Gasteiger partial charge in [0.1, 0.15) is 11.3 Å². The van der Waals surface area contributed by atoms with Crippen LogP contribution >= 0.6 is 0 Å². The summed E-state index contributed by atoms with van der Waals surface area (Å²) in [6.45, 7) is 2.12. The molecule has 0 saturated carbocycles.